The largest absolute Gasteiger partial charge is 0.451 e. The fourth-order valence-corrected chi connectivity index (χ4v) is 4.81. The van der Waals surface area contributed by atoms with Gasteiger partial charge in [-0.3, -0.25) is 4.79 Å². The molecule has 1 aliphatic heterocycles. The van der Waals surface area contributed by atoms with Gasteiger partial charge in [0.2, 0.25) is 0 Å². The first-order chi connectivity index (χ1) is 13.0. The monoisotopic (exact) mass is 403 g/mol. The summed E-state index contributed by atoms with van der Waals surface area (Å²) in [5.74, 6) is -1.38. The SMILES string of the molecule is CC1Cc2ccccc2N1C(=O)COC(=O)c1sc2cc(F)ccc2c1Cl. The molecule has 2 heterocycles. The normalized spacial score (nSPS) is 15.8. The molecule has 7 heteroatoms. The number of benzene rings is 2. The van der Waals surface area contributed by atoms with E-state index in [1.165, 1.54) is 18.2 Å². The van der Waals surface area contributed by atoms with E-state index >= 15 is 0 Å². The Bertz CT molecular complexity index is 1060. The lowest BCUT2D eigenvalue weighted by Crippen LogP contribution is -2.38. The van der Waals surface area contributed by atoms with Crippen molar-refractivity contribution in [3.05, 3.63) is 63.7 Å². The van der Waals surface area contributed by atoms with Crippen LogP contribution in [-0.2, 0) is 16.0 Å². The molecule has 0 spiro atoms. The smallest absolute Gasteiger partial charge is 0.350 e. The highest BCUT2D eigenvalue weighted by atomic mass is 35.5. The molecular formula is C20H15ClFNO3S. The fourth-order valence-electron chi connectivity index (χ4n) is 3.38. The molecule has 0 saturated carbocycles. The highest BCUT2D eigenvalue weighted by Gasteiger charge is 2.31. The summed E-state index contributed by atoms with van der Waals surface area (Å²) in [6.45, 7) is 1.58. The lowest BCUT2D eigenvalue weighted by molar-refractivity contribution is -0.122. The summed E-state index contributed by atoms with van der Waals surface area (Å²) in [6, 6.07) is 11.8. The predicted octanol–water partition coefficient (Wildman–Crippen LogP) is 4.83. The fraction of sp³-hybridized carbons (Fsp3) is 0.200. The quantitative estimate of drug-likeness (QED) is 0.588. The zero-order valence-electron chi connectivity index (χ0n) is 14.4. The lowest BCUT2D eigenvalue weighted by atomic mass is 10.1. The van der Waals surface area contributed by atoms with E-state index in [0.717, 1.165) is 29.0 Å². The molecule has 0 fully saturated rings. The number of thiophene rings is 1. The molecule has 1 aliphatic rings. The third kappa shape index (κ3) is 3.19. The number of para-hydroxylation sites is 1. The molecule has 2 aromatic carbocycles. The number of amides is 1. The molecule has 4 nitrogen and oxygen atoms in total. The molecule has 0 aliphatic carbocycles. The van der Waals surface area contributed by atoms with Crippen LogP contribution in [0.1, 0.15) is 22.2 Å². The number of anilines is 1. The van der Waals surface area contributed by atoms with Gasteiger partial charge in [0.1, 0.15) is 10.7 Å². The number of fused-ring (bicyclic) bond motifs is 2. The highest BCUT2D eigenvalue weighted by Crippen LogP contribution is 2.36. The van der Waals surface area contributed by atoms with E-state index in [4.69, 9.17) is 16.3 Å². The van der Waals surface area contributed by atoms with Gasteiger partial charge in [-0.25, -0.2) is 9.18 Å². The second-order valence-corrected chi connectivity index (χ2v) is 7.84. The molecule has 4 rings (SSSR count). The van der Waals surface area contributed by atoms with Crippen LogP contribution < -0.4 is 4.90 Å². The number of carbonyl (C=O) groups excluding carboxylic acids is 2. The molecule has 138 valence electrons. The summed E-state index contributed by atoms with van der Waals surface area (Å²) in [5.41, 5.74) is 1.95. The minimum Gasteiger partial charge on any atom is -0.451 e. The molecule has 3 aromatic rings. The molecule has 1 aromatic heterocycles. The minimum atomic E-state index is -0.685. The van der Waals surface area contributed by atoms with Crippen LogP contribution in [0.15, 0.2) is 42.5 Å². The van der Waals surface area contributed by atoms with Crippen LogP contribution in [0.5, 0.6) is 0 Å². The average molecular weight is 404 g/mol. The molecule has 1 atom stereocenters. The van der Waals surface area contributed by atoms with Crippen molar-refractivity contribution >= 4 is 50.6 Å². The van der Waals surface area contributed by atoms with Gasteiger partial charge in [-0.15, -0.1) is 11.3 Å². The van der Waals surface area contributed by atoms with Gasteiger partial charge in [-0.05, 0) is 43.2 Å². The maximum atomic E-state index is 13.4. The summed E-state index contributed by atoms with van der Waals surface area (Å²) >= 11 is 7.28. The number of hydrogen-bond acceptors (Lipinski definition) is 4. The van der Waals surface area contributed by atoms with Gasteiger partial charge in [0.25, 0.3) is 5.91 Å². The van der Waals surface area contributed by atoms with Crippen molar-refractivity contribution in [2.75, 3.05) is 11.5 Å². The number of rotatable bonds is 3. The average Bonchev–Trinajstić information content (AvgIpc) is 3.15. The molecular weight excluding hydrogens is 389 g/mol. The van der Waals surface area contributed by atoms with Crippen molar-refractivity contribution in [3.63, 3.8) is 0 Å². The maximum Gasteiger partial charge on any atom is 0.350 e. The van der Waals surface area contributed by atoms with E-state index in [2.05, 4.69) is 0 Å². The van der Waals surface area contributed by atoms with Gasteiger partial charge in [0, 0.05) is 21.8 Å². The summed E-state index contributed by atoms with van der Waals surface area (Å²) in [6.07, 6.45) is 0.767. The van der Waals surface area contributed by atoms with E-state index in [0.29, 0.717) is 10.1 Å². The second-order valence-electron chi connectivity index (χ2n) is 6.41. The van der Waals surface area contributed by atoms with Crippen LogP contribution in [0.2, 0.25) is 5.02 Å². The summed E-state index contributed by atoms with van der Waals surface area (Å²) in [5, 5.41) is 0.802. The molecule has 1 amide bonds. The minimum absolute atomic E-state index is 0.00416. The van der Waals surface area contributed by atoms with E-state index in [1.54, 1.807) is 4.90 Å². The zero-order valence-corrected chi connectivity index (χ0v) is 15.9. The standard InChI is InChI=1S/C20H15ClFNO3S/c1-11-8-12-4-2-3-5-15(12)23(11)17(24)10-26-20(25)19-18(21)14-7-6-13(22)9-16(14)27-19/h2-7,9,11H,8,10H2,1H3. The first-order valence-corrected chi connectivity index (χ1v) is 9.60. The number of esters is 1. The topological polar surface area (TPSA) is 46.6 Å². The van der Waals surface area contributed by atoms with Crippen molar-refractivity contribution in [2.45, 2.75) is 19.4 Å². The van der Waals surface area contributed by atoms with Crippen LogP contribution in [0, 0.1) is 5.82 Å². The van der Waals surface area contributed by atoms with Crippen LogP contribution >= 0.6 is 22.9 Å². The summed E-state index contributed by atoms with van der Waals surface area (Å²) < 4.78 is 19.1. The van der Waals surface area contributed by atoms with Gasteiger partial charge in [0.05, 0.1) is 5.02 Å². The van der Waals surface area contributed by atoms with Crippen molar-refractivity contribution in [1.82, 2.24) is 0 Å². The Morgan fingerprint density at radius 2 is 2.07 bits per heavy atom. The van der Waals surface area contributed by atoms with Gasteiger partial charge < -0.3 is 9.64 Å². The van der Waals surface area contributed by atoms with Gasteiger partial charge in [-0.1, -0.05) is 29.8 Å². The van der Waals surface area contributed by atoms with Crippen molar-refractivity contribution in [3.8, 4) is 0 Å². The summed E-state index contributed by atoms with van der Waals surface area (Å²) in [4.78, 5) is 26.9. The Morgan fingerprint density at radius 1 is 1.30 bits per heavy atom. The van der Waals surface area contributed by atoms with Crippen molar-refractivity contribution in [2.24, 2.45) is 0 Å². The first-order valence-electron chi connectivity index (χ1n) is 8.40. The molecule has 0 saturated heterocycles. The number of nitrogens with zero attached hydrogens (tertiary/aromatic N) is 1. The zero-order chi connectivity index (χ0) is 19.1. The number of hydrogen-bond donors (Lipinski definition) is 0. The van der Waals surface area contributed by atoms with Gasteiger partial charge in [-0.2, -0.15) is 0 Å². The van der Waals surface area contributed by atoms with Gasteiger partial charge >= 0.3 is 5.97 Å². The Kier molecular flexibility index (Phi) is 4.61. The number of ether oxygens (including phenoxy) is 1. The molecule has 0 N–H and O–H groups in total. The van der Waals surface area contributed by atoms with Crippen molar-refractivity contribution in [1.29, 1.82) is 0 Å². The molecule has 27 heavy (non-hydrogen) atoms. The van der Waals surface area contributed by atoms with E-state index in [1.807, 2.05) is 31.2 Å². The first kappa shape index (κ1) is 17.9. The Morgan fingerprint density at radius 3 is 2.89 bits per heavy atom. The lowest BCUT2D eigenvalue weighted by Gasteiger charge is -2.22. The molecule has 1 unspecified atom stereocenters. The van der Waals surface area contributed by atoms with Crippen LogP contribution in [0.25, 0.3) is 10.1 Å². The Labute approximate surface area is 164 Å². The Balaban J connectivity index is 1.50. The van der Waals surface area contributed by atoms with Gasteiger partial charge in [0.15, 0.2) is 6.61 Å². The Hall–Kier alpha value is -2.44. The van der Waals surface area contributed by atoms with Crippen LogP contribution in [0.3, 0.4) is 0 Å². The predicted molar refractivity (Wildman–Crippen MR) is 104 cm³/mol. The van der Waals surface area contributed by atoms with E-state index in [-0.39, 0.29) is 28.5 Å². The second kappa shape index (κ2) is 6.94. The summed E-state index contributed by atoms with van der Waals surface area (Å²) in [7, 11) is 0. The number of halogens is 2. The van der Waals surface area contributed by atoms with E-state index in [9.17, 15) is 14.0 Å². The van der Waals surface area contributed by atoms with Crippen molar-refractivity contribution < 1.29 is 18.7 Å². The van der Waals surface area contributed by atoms with E-state index < -0.39 is 11.8 Å². The third-order valence-corrected chi connectivity index (χ3v) is 6.22. The highest BCUT2D eigenvalue weighted by molar-refractivity contribution is 7.21. The van der Waals surface area contributed by atoms with Crippen LogP contribution in [0.4, 0.5) is 10.1 Å². The maximum absolute atomic E-state index is 13.4. The van der Waals surface area contributed by atoms with Crippen LogP contribution in [-0.4, -0.2) is 24.5 Å². The number of carbonyl (C=O) groups is 2. The molecule has 0 bridgehead atoms. The third-order valence-electron chi connectivity index (χ3n) is 4.58. The molecule has 0 radical (unpaired) electrons.